The van der Waals surface area contributed by atoms with Gasteiger partial charge in [-0.15, -0.1) is 0 Å². The predicted octanol–water partition coefficient (Wildman–Crippen LogP) is 1.65. The summed E-state index contributed by atoms with van der Waals surface area (Å²) >= 11 is 0. The standard InChI is InChI=1S/C23H25FN2O4/c1-13(27)17-8-15-11-23(30)20-9-14-2-3-16(28)10-18(14)22(23,4-6-26(20)7-5-24)12-19(15)25-21(17)29/h2-3,8,10,20,28,30H,4-7,9,11-12H2,1H3,(H,25,29)/t20-,22-,23-/m1/s1. The number of likely N-dealkylation sites (tertiary alicyclic amines) is 1. The zero-order valence-electron chi connectivity index (χ0n) is 16.9. The Bertz CT molecular complexity index is 1110. The van der Waals surface area contributed by atoms with Crippen LogP contribution in [0.2, 0.25) is 0 Å². The Kier molecular flexibility index (Phi) is 4.21. The first kappa shape index (κ1) is 19.5. The molecule has 0 unspecified atom stereocenters. The topological polar surface area (TPSA) is 93.6 Å². The van der Waals surface area contributed by atoms with E-state index in [9.17, 15) is 24.2 Å². The second-order valence-electron chi connectivity index (χ2n) is 8.97. The number of nitrogens with one attached hydrogen (secondary N) is 1. The molecule has 1 saturated heterocycles. The van der Waals surface area contributed by atoms with Gasteiger partial charge in [-0.05, 0) is 61.2 Å². The van der Waals surface area contributed by atoms with E-state index in [1.165, 1.54) is 6.92 Å². The molecular formula is C23H25FN2O4. The van der Waals surface area contributed by atoms with Crippen LogP contribution in [0.5, 0.6) is 5.75 Å². The van der Waals surface area contributed by atoms with Gasteiger partial charge in [0.2, 0.25) is 0 Å². The molecule has 0 amide bonds. The summed E-state index contributed by atoms with van der Waals surface area (Å²) in [6, 6.07) is 6.59. The molecule has 30 heavy (non-hydrogen) atoms. The van der Waals surface area contributed by atoms with Gasteiger partial charge in [-0.1, -0.05) is 6.07 Å². The van der Waals surface area contributed by atoms with Crippen molar-refractivity contribution >= 4 is 5.78 Å². The number of aromatic hydroxyl groups is 1. The van der Waals surface area contributed by atoms with Crippen molar-refractivity contribution in [2.45, 2.75) is 49.7 Å². The minimum absolute atomic E-state index is 0.0907. The van der Waals surface area contributed by atoms with Crippen LogP contribution < -0.4 is 5.56 Å². The summed E-state index contributed by atoms with van der Waals surface area (Å²) in [5, 5.41) is 22.4. The third kappa shape index (κ3) is 2.48. The number of aromatic nitrogens is 1. The van der Waals surface area contributed by atoms with E-state index in [2.05, 4.69) is 4.98 Å². The van der Waals surface area contributed by atoms with Gasteiger partial charge in [0.25, 0.3) is 5.56 Å². The van der Waals surface area contributed by atoms with Crippen LogP contribution in [0.25, 0.3) is 0 Å². The molecule has 3 N–H and O–H groups in total. The summed E-state index contributed by atoms with van der Waals surface area (Å²) in [6.45, 7) is 1.76. The van der Waals surface area contributed by atoms with Crippen LogP contribution in [0.3, 0.4) is 0 Å². The molecule has 6 nitrogen and oxygen atoms in total. The number of fused-ring (bicyclic) bond motifs is 2. The summed E-state index contributed by atoms with van der Waals surface area (Å²) < 4.78 is 13.3. The molecule has 2 bridgehead atoms. The van der Waals surface area contributed by atoms with Crippen molar-refractivity contribution in [2.24, 2.45) is 0 Å². The number of benzene rings is 1. The number of hydrogen-bond acceptors (Lipinski definition) is 5. The Morgan fingerprint density at radius 2 is 2.10 bits per heavy atom. The second kappa shape index (κ2) is 6.49. The van der Waals surface area contributed by atoms with Gasteiger partial charge in [0, 0.05) is 36.5 Å². The number of pyridine rings is 1. The fraction of sp³-hybridized carbons (Fsp3) is 0.478. The van der Waals surface area contributed by atoms with Gasteiger partial charge in [0.05, 0.1) is 11.2 Å². The summed E-state index contributed by atoms with van der Waals surface area (Å²) in [5.41, 5.74) is 1.22. The van der Waals surface area contributed by atoms with Gasteiger partial charge in [-0.25, -0.2) is 4.39 Å². The fourth-order valence-corrected chi connectivity index (χ4v) is 6.17. The summed E-state index contributed by atoms with van der Waals surface area (Å²) in [5.74, 6) is -0.175. The Balaban J connectivity index is 1.74. The number of carbonyl (C=O) groups is 1. The Labute approximate surface area is 173 Å². The highest BCUT2D eigenvalue weighted by Crippen LogP contribution is 2.56. The SMILES string of the molecule is CC(=O)c1cc2c([nH]c1=O)C[C@]13CCN(CCF)[C@H](Cc4ccc(O)cc41)[C@]3(O)C2. The summed E-state index contributed by atoms with van der Waals surface area (Å²) in [4.78, 5) is 29.2. The number of carbonyl (C=O) groups excluding carboxylic acids is 1. The van der Waals surface area contributed by atoms with Crippen LogP contribution >= 0.6 is 0 Å². The van der Waals surface area contributed by atoms with E-state index in [1.807, 2.05) is 11.0 Å². The molecule has 1 fully saturated rings. The zero-order valence-corrected chi connectivity index (χ0v) is 16.9. The molecular weight excluding hydrogens is 387 g/mol. The Morgan fingerprint density at radius 1 is 1.30 bits per heavy atom. The van der Waals surface area contributed by atoms with Gasteiger partial charge in [-0.3, -0.25) is 14.5 Å². The highest BCUT2D eigenvalue weighted by atomic mass is 19.1. The van der Waals surface area contributed by atoms with Crippen molar-refractivity contribution in [3.05, 3.63) is 62.6 Å². The highest BCUT2D eigenvalue weighted by molar-refractivity contribution is 5.93. The van der Waals surface area contributed by atoms with E-state index >= 15 is 0 Å². The first-order valence-electron chi connectivity index (χ1n) is 10.4. The van der Waals surface area contributed by atoms with Gasteiger partial charge < -0.3 is 15.2 Å². The third-order valence-electron chi connectivity index (χ3n) is 7.57. The number of piperidine rings is 1. The molecule has 158 valence electrons. The number of H-pyrrole nitrogens is 1. The summed E-state index contributed by atoms with van der Waals surface area (Å²) in [6.07, 6.45) is 1.82. The van der Waals surface area contributed by atoms with Crippen LogP contribution in [0.1, 0.15) is 46.1 Å². The number of halogens is 1. The maximum absolute atomic E-state index is 13.3. The number of ketones is 1. The molecule has 1 aromatic carbocycles. The lowest BCUT2D eigenvalue weighted by atomic mass is 9.49. The van der Waals surface area contributed by atoms with Gasteiger partial charge >= 0.3 is 0 Å². The van der Waals surface area contributed by atoms with Crippen molar-refractivity contribution < 1.29 is 19.4 Å². The molecule has 0 radical (unpaired) electrons. The number of phenols is 1. The maximum atomic E-state index is 13.3. The number of rotatable bonds is 3. The Morgan fingerprint density at radius 3 is 2.83 bits per heavy atom. The average Bonchev–Trinajstić information content (AvgIpc) is 2.68. The smallest absolute Gasteiger partial charge is 0.259 e. The molecule has 1 aromatic heterocycles. The lowest BCUT2D eigenvalue weighted by Crippen LogP contribution is -2.74. The van der Waals surface area contributed by atoms with E-state index in [4.69, 9.17) is 0 Å². The van der Waals surface area contributed by atoms with E-state index in [0.717, 1.165) is 22.4 Å². The van der Waals surface area contributed by atoms with Crippen LogP contribution in [-0.2, 0) is 24.7 Å². The minimum Gasteiger partial charge on any atom is -0.508 e. The lowest BCUT2D eigenvalue weighted by molar-refractivity contribution is -0.151. The van der Waals surface area contributed by atoms with Crippen molar-refractivity contribution in [2.75, 3.05) is 19.8 Å². The second-order valence-corrected chi connectivity index (χ2v) is 8.97. The number of Topliss-reactive ketones (excluding diaryl/α,β-unsaturated/α-hetero) is 1. The lowest BCUT2D eigenvalue weighted by Gasteiger charge is -2.63. The van der Waals surface area contributed by atoms with E-state index < -0.39 is 23.2 Å². The van der Waals surface area contributed by atoms with Crippen LogP contribution in [0.15, 0.2) is 29.1 Å². The van der Waals surface area contributed by atoms with Gasteiger partial charge in [-0.2, -0.15) is 0 Å². The number of hydrogen-bond donors (Lipinski definition) is 3. The largest absolute Gasteiger partial charge is 0.508 e. The van der Waals surface area contributed by atoms with E-state index in [0.29, 0.717) is 25.8 Å². The van der Waals surface area contributed by atoms with Gasteiger partial charge in [0.15, 0.2) is 5.78 Å². The van der Waals surface area contributed by atoms with E-state index in [-0.39, 0.29) is 36.1 Å². The molecule has 5 rings (SSSR count). The number of aliphatic hydroxyl groups is 1. The molecule has 1 aliphatic heterocycles. The molecule has 0 saturated carbocycles. The van der Waals surface area contributed by atoms with Crippen LogP contribution in [-0.4, -0.2) is 57.3 Å². The molecule has 0 spiro atoms. The highest BCUT2D eigenvalue weighted by Gasteiger charge is 2.64. The monoisotopic (exact) mass is 412 g/mol. The number of nitrogens with zero attached hydrogens (tertiary/aromatic N) is 1. The van der Waals surface area contributed by atoms with Crippen LogP contribution in [0, 0.1) is 0 Å². The maximum Gasteiger partial charge on any atom is 0.259 e. The average molecular weight is 412 g/mol. The Hall–Kier alpha value is -2.51. The number of alkyl halides is 1. The molecule has 2 aromatic rings. The number of phenolic OH excluding ortho intramolecular Hbond substituents is 1. The first-order chi connectivity index (χ1) is 14.3. The predicted molar refractivity (Wildman–Crippen MR) is 109 cm³/mol. The number of aromatic amines is 1. The molecule has 3 aliphatic rings. The quantitative estimate of drug-likeness (QED) is 0.667. The van der Waals surface area contributed by atoms with E-state index in [1.54, 1.807) is 18.2 Å². The fourth-order valence-electron chi connectivity index (χ4n) is 6.17. The van der Waals surface area contributed by atoms with Crippen molar-refractivity contribution in [1.29, 1.82) is 0 Å². The first-order valence-corrected chi connectivity index (χ1v) is 10.4. The van der Waals surface area contributed by atoms with Crippen LogP contribution in [0.4, 0.5) is 4.39 Å². The molecule has 2 heterocycles. The van der Waals surface area contributed by atoms with Crippen molar-refractivity contribution in [3.63, 3.8) is 0 Å². The minimum atomic E-state index is -1.19. The molecule has 2 aliphatic carbocycles. The molecule has 3 atom stereocenters. The van der Waals surface area contributed by atoms with Crippen molar-refractivity contribution in [3.8, 4) is 5.75 Å². The third-order valence-corrected chi connectivity index (χ3v) is 7.57. The van der Waals surface area contributed by atoms with Crippen molar-refractivity contribution in [1.82, 2.24) is 9.88 Å². The molecule has 7 heteroatoms. The van der Waals surface area contributed by atoms with Gasteiger partial charge in [0.1, 0.15) is 12.4 Å². The zero-order chi connectivity index (χ0) is 21.3. The normalized spacial score (nSPS) is 29.6. The summed E-state index contributed by atoms with van der Waals surface area (Å²) in [7, 11) is 0.